The van der Waals surface area contributed by atoms with Gasteiger partial charge < -0.3 is 4.90 Å². The molecule has 1 saturated carbocycles. The number of carbonyl (C=O) groups is 1. The van der Waals surface area contributed by atoms with Crippen LogP contribution in [0.25, 0.3) is 0 Å². The van der Waals surface area contributed by atoms with Gasteiger partial charge in [0.2, 0.25) is 0 Å². The lowest BCUT2D eigenvalue weighted by molar-refractivity contribution is -0.274. The smallest absolute Gasteiger partial charge is 0.337 e. The van der Waals surface area contributed by atoms with Crippen LogP contribution in [0.15, 0.2) is 0 Å². The van der Waals surface area contributed by atoms with Crippen LogP contribution in [0.5, 0.6) is 0 Å². The summed E-state index contributed by atoms with van der Waals surface area (Å²) in [5.41, 5.74) is 0. The normalized spacial score (nSPS) is 17.1. The van der Waals surface area contributed by atoms with E-state index in [9.17, 15) is 26.7 Å². The SMILES string of the molecule is CCCN(CC1CC1)C(=O)C(F)(F)C(F)(F)F. The highest BCUT2D eigenvalue weighted by Gasteiger charge is 2.64. The highest BCUT2D eigenvalue weighted by molar-refractivity contribution is 5.84. The summed E-state index contributed by atoms with van der Waals surface area (Å²) in [6.45, 7) is 1.55. The third-order valence-electron chi connectivity index (χ3n) is 2.58. The molecule has 1 fully saturated rings. The Labute approximate surface area is 95.8 Å². The van der Waals surface area contributed by atoms with Crippen molar-refractivity contribution < 1.29 is 26.7 Å². The minimum atomic E-state index is -5.82. The molecular weight excluding hydrogens is 245 g/mol. The van der Waals surface area contributed by atoms with Crippen molar-refractivity contribution in [2.24, 2.45) is 5.92 Å². The van der Waals surface area contributed by atoms with Crippen LogP contribution in [0.3, 0.4) is 0 Å². The maximum atomic E-state index is 12.9. The van der Waals surface area contributed by atoms with Gasteiger partial charge in [-0.25, -0.2) is 0 Å². The van der Waals surface area contributed by atoms with Crippen LogP contribution in [-0.2, 0) is 4.79 Å². The fraction of sp³-hybridized carbons (Fsp3) is 0.900. The first kappa shape index (κ1) is 14.2. The Bertz CT molecular complexity index is 285. The minimum absolute atomic E-state index is 0.00164. The van der Waals surface area contributed by atoms with Crippen molar-refractivity contribution in [3.05, 3.63) is 0 Å². The third-order valence-corrected chi connectivity index (χ3v) is 2.58. The van der Waals surface area contributed by atoms with Crippen molar-refractivity contribution in [1.82, 2.24) is 4.90 Å². The van der Waals surface area contributed by atoms with E-state index >= 15 is 0 Å². The van der Waals surface area contributed by atoms with Crippen molar-refractivity contribution in [1.29, 1.82) is 0 Å². The summed E-state index contributed by atoms with van der Waals surface area (Å²) < 4.78 is 61.8. The molecule has 0 heterocycles. The molecule has 0 saturated heterocycles. The molecule has 0 unspecified atom stereocenters. The zero-order valence-electron chi connectivity index (χ0n) is 9.36. The number of alkyl halides is 5. The first-order valence-corrected chi connectivity index (χ1v) is 5.44. The van der Waals surface area contributed by atoms with Crippen molar-refractivity contribution in [2.75, 3.05) is 13.1 Å². The molecular formula is C10H14F5NO. The average molecular weight is 259 g/mol. The Kier molecular flexibility index (Phi) is 3.99. The van der Waals surface area contributed by atoms with Crippen LogP contribution < -0.4 is 0 Å². The molecule has 0 spiro atoms. The van der Waals surface area contributed by atoms with Crippen molar-refractivity contribution >= 4 is 5.91 Å². The largest absolute Gasteiger partial charge is 0.463 e. The molecule has 1 aliphatic rings. The molecule has 1 aliphatic carbocycles. The summed E-state index contributed by atoms with van der Waals surface area (Å²) in [7, 11) is 0. The molecule has 7 heteroatoms. The number of rotatable bonds is 5. The number of amides is 1. The van der Waals surface area contributed by atoms with E-state index in [1.807, 2.05) is 0 Å². The Morgan fingerprint density at radius 3 is 2.12 bits per heavy atom. The lowest BCUT2D eigenvalue weighted by Gasteiger charge is -2.27. The number of nitrogens with zero attached hydrogens (tertiary/aromatic N) is 1. The summed E-state index contributed by atoms with van der Waals surface area (Å²) in [6, 6.07) is 0. The van der Waals surface area contributed by atoms with Gasteiger partial charge in [-0.2, -0.15) is 22.0 Å². The van der Waals surface area contributed by atoms with E-state index in [1.165, 1.54) is 0 Å². The Morgan fingerprint density at radius 2 is 1.76 bits per heavy atom. The fourth-order valence-corrected chi connectivity index (χ4v) is 1.48. The Morgan fingerprint density at radius 1 is 1.24 bits per heavy atom. The van der Waals surface area contributed by atoms with Gasteiger partial charge in [-0.3, -0.25) is 4.79 Å². The molecule has 0 aliphatic heterocycles. The van der Waals surface area contributed by atoms with Crippen LogP contribution in [0.4, 0.5) is 22.0 Å². The zero-order valence-corrected chi connectivity index (χ0v) is 9.36. The summed E-state index contributed by atoms with van der Waals surface area (Å²) in [6.07, 6.45) is -3.90. The number of hydrogen-bond acceptors (Lipinski definition) is 1. The molecule has 0 aromatic carbocycles. The van der Waals surface area contributed by atoms with Gasteiger partial charge in [0.1, 0.15) is 0 Å². The molecule has 100 valence electrons. The molecule has 0 aromatic heterocycles. The summed E-state index contributed by atoms with van der Waals surface area (Å²) in [5.74, 6) is -7.33. The highest BCUT2D eigenvalue weighted by atomic mass is 19.4. The van der Waals surface area contributed by atoms with Crippen LogP contribution in [0, 0.1) is 5.92 Å². The van der Waals surface area contributed by atoms with Crippen molar-refractivity contribution in [3.8, 4) is 0 Å². The van der Waals surface area contributed by atoms with Gasteiger partial charge in [-0.1, -0.05) is 6.92 Å². The molecule has 1 amide bonds. The van der Waals surface area contributed by atoms with Gasteiger partial charge in [0, 0.05) is 13.1 Å². The van der Waals surface area contributed by atoms with E-state index < -0.39 is 18.0 Å². The Hall–Kier alpha value is -0.880. The molecule has 0 aromatic rings. The molecule has 1 rings (SSSR count). The monoisotopic (exact) mass is 259 g/mol. The Balaban J connectivity index is 2.74. The second-order valence-corrected chi connectivity index (χ2v) is 4.27. The maximum absolute atomic E-state index is 12.9. The first-order chi connectivity index (χ1) is 7.70. The van der Waals surface area contributed by atoms with E-state index in [-0.39, 0.29) is 19.0 Å². The van der Waals surface area contributed by atoms with E-state index in [0.29, 0.717) is 11.3 Å². The average Bonchev–Trinajstić information content (AvgIpc) is 2.98. The summed E-state index contributed by atoms with van der Waals surface area (Å²) in [4.78, 5) is 11.9. The molecule has 2 nitrogen and oxygen atoms in total. The minimum Gasteiger partial charge on any atom is -0.337 e. The predicted octanol–water partition coefficient (Wildman–Crippen LogP) is 2.83. The van der Waals surface area contributed by atoms with Gasteiger partial charge >= 0.3 is 18.0 Å². The maximum Gasteiger partial charge on any atom is 0.463 e. The lowest BCUT2D eigenvalue weighted by Crippen LogP contribution is -2.52. The number of hydrogen-bond donors (Lipinski definition) is 0. The van der Waals surface area contributed by atoms with Crippen LogP contribution >= 0.6 is 0 Å². The van der Waals surface area contributed by atoms with Gasteiger partial charge in [-0.15, -0.1) is 0 Å². The van der Waals surface area contributed by atoms with Gasteiger partial charge in [0.05, 0.1) is 0 Å². The quantitative estimate of drug-likeness (QED) is 0.695. The zero-order chi connectivity index (χ0) is 13.3. The second kappa shape index (κ2) is 4.78. The molecule has 0 atom stereocenters. The number of carbonyl (C=O) groups excluding carboxylic acids is 1. The van der Waals surface area contributed by atoms with E-state index in [0.717, 1.165) is 12.8 Å². The molecule has 0 radical (unpaired) electrons. The third kappa shape index (κ3) is 3.29. The lowest BCUT2D eigenvalue weighted by atomic mass is 10.2. The van der Waals surface area contributed by atoms with Gasteiger partial charge in [0.25, 0.3) is 0 Å². The standard InChI is InChI=1S/C10H14F5NO/c1-2-5-16(6-7-3-4-7)8(17)9(11,12)10(13,14)15/h7H,2-6H2,1H3. The van der Waals surface area contributed by atoms with Gasteiger partial charge in [0.15, 0.2) is 0 Å². The molecule has 17 heavy (non-hydrogen) atoms. The fourth-order valence-electron chi connectivity index (χ4n) is 1.48. The van der Waals surface area contributed by atoms with E-state index in [4.69, 9.17) is 0 Å². The number of halogens is 5. The topological polar surface area (TPSA) is 20.3 Å². The molecule has 0 bridgehead atoms. The van der Waals surface area contributed by atoms with E-state index in [1.54, 1.807) is 6.92 Å². The predicted molar refractivity (Wildman–Crippen MR) is 50.6 cm³/mol. The van der Waals surface area contributed by atoms with Crippen molar-refractivity contribution in [3.63, 3.8) is 0 Å². The summed E-state index contributed by atoms with van der Waals surface area (Å²) >= 11 is 0. The first-order valence-electron chi connectivity index (χ1n) is 5.44. The highest BCUT2D eigenvalue weighted by Crippen LogP contribution is 2.38. The second-order valence-electron chi connectivity index (χ2n) is 4.27. The van der Waals surface area contributed by atoms with Crippen LogP contribution in [0.1, 0.15) is 26.2 Å². The van der Waals surface area contributed by atoms with E-state index in [2.05, 4.69) is 0 Å². The van der Waals surface area contributed by atoms with Crippen LogP contribution in [-0.4, -0.2) is 36.0 Å². The molecule has 0 N–H and O–H groups in total. The van der Waals surface area contributed by atoms with Crippen molar-refractivity contribution in [2.45, 2.75) is 38.3 Å². The van der Waals surface area contributed by atoms with Gasteiger partial charge in [-0.05, 0) is 25.2 Å². The van der Waals surface area contributed by atoms with Crippen LogP contribution in [0.2, 0.25) is 0 Å². The summed E-state index contributed by atoms with van der Waals surface area (Å²) in [5, 5.41) is 0.